The molecular formula is C22H34Cl2N2O3. The second kappa shape index (κ2) is 16.5. The fourth-order valence-electron chi connectivity index (χ4n) is 3.06. The normalized spacial score (nSPS) is 13.5. The van der Waals surface area contributed by atoms with Gasteiger partial charge in [-0.05, 0) is 31.5 Å². The van der Waals surface area contributed by atoms with E-state index in [-0.39, 0.29) is 30.9 Å². The Morgan fingerprint density at radius 3 is 2.17 bits per heavy atom. The number of hydrogen-bond acceptors (Lipinski definition) is 3. The molecule has 0 heterocycles. The summed E-state index contributed by atoms with van der Waals surface area (Å²) in [4.78, 5) is 0. The van der Waals surface area contributed by atoms with Crippen molar-refractivity contribution in [2.75, 3.05) is 32.8 Å². The van der Waals surface area contributed by atoms with Gasteiger partial charge >= 0.3 is 0 Å². The average molecular weight is 445 g/mol. The molecule has 0 spiro atoms. The first-order valence-corrected chi connectivity index (χ1v) is 9.88. The minimum Gasteiger partial charge on any atom is -1.00 e. The summed E-state index contributed by atoms with van der Waals surface area (Å²) < 4.78 is 11.5. The van der Waals surface area contributed by atoms with Crippen LogP contribution in [0.25, 0.3) is 0 Å². The molecule has 0 bridgehead atoms. The third kappa shape index (κ3) is 10.8. The van der Waals surface area contributed by atoms with Crippen LogP contribution in [0.2, 0.25) is 0 Å². The minimum atomic E-state index is -0.469. The molecule has 0 radical (unpaired) electrons. The summed E-state index contributed by atoms with van der Waals surface area (Å²) in [6.07, 6.45) is -0.371. The lowest BCUT2D eigenvalue weighted by atomic mass is 10.0. The van der Waals surface area contributed by atoms with Crippen LogP contribution in [0, 0.1) is 0 Å². The van der Waals surface area contributed by atoms with Crippen LogP contribution < -0.4 is 40.2 Å². The van der Waals surface area contributed by atoms with Crippen molar-refractivity contribution in [3.05, 3.63) is 66.2 Å². The number of nitrogens with two attached hydrogens (primary N) is 2. The first-order chi connectivity index (χ1) is 13.2. The molecule has 2 rings (SSSR count). The molecule has 164 valence electrons. The van der Waals surface area contributed by atoms with Gasteiger partial charge < -0.3 is 50.0 Å². The molecule has 29 heavy (non-hydrogen) atoms. The van der Waals surface area contributed by atoms with Crippen LogP contribution in [0.4, 0.5) is 0 Å². The van der Waals surface area contributed by atoms with Crippen molar-refractivity contribution in [3.8, 4) is 5.75 Å². The standard InChI is InChI=1S/C22H32N2O3.2ClH/c1-3-26-22(19-10-6-4-7-11-19)18(2)24-15-14-23-16-20(25)17-27-21-12-8-5-9-13-21;;/h4-13,18,20,22-25H,3,14-17H2,1-2H3;2*1H. The van der Waals surface area contributed by atoms with E-state index in [1.54, 1.807) is 0 Å². The lowest BCUT2D eigenvalue weighted by Crippen LogP contribution is -3.00. The maximum atomic E-state index is 10.0. The molecule has 5 nitrogen and oxygen atoms in total. The first-order valence-electron chi connectivity index (χ1n) is 9.88. The lowest BCUT2D eigenvalue weighted by Gasteiger charge is -2.22. The van der Waals surface area contributed by atoms with Crippen molar-refractivity contribution in [2.24, 2.45) is 0 Å². The summed E-state index contributed by atoms with van der Waals surface area (Å²) >= 11 is 0. The number of hydrogen-bond donors (Lipinski definition) is 3. The number of benzene rings is 2. The SMILES string of the molecule is CCOC(c1ccccc1)C(C)[NH2+]CC[NH2+]CC(O)COc1ccccc1.[Cl-].[Cl-]. The fraction of sp³-hybridized carbons (Fsp3) is 0.455. The van der Waals surface area contributed by atoms with Crippen molar-refractivity contribution < 1.29 is 50.0 Å². The van der Waals surface area contributed by atoms with Gasteiger partial charge in [0.2, 0.25) is 0 Å². The van der Waals surface area contributed by atoms with Gasteiger partial charge in [0, 0.05) is 6.61 Å². The third-order valence-electron chi connectivity index (χ3n) is 4.49. The zero-order chi connectivity index (χ0) is 19.3. The van der Waals surface area contributed by atoms with Crippen LogP contribution in [-0.2, 0) is 4.74 Å². The Hall–Kier alpha value is -1.34. The number of para-hydroxylation sites is 1. The highest BCUT2D eigenvalue weighted by Gasteiger charge is 2.22. The van der Waals surface area contributed by atoms with E-state index in [9.17, 15) is 5.11 Å². The van der Waals surface area contributed by atoms with Gasteiger partial charge in [-0.3, -0.25) is 0 Å². The fourth-order valence-corrected chi connectivity index (χ4v) is 3.06. The summed E-state index contributed by atoms with van der Waals surface area (Å²) in [6.45, 7) is 7.83. The van der Waals surface area contributed by atoms with Gasteiger partial charge in [0.1, 0.15) is 50.2 Å². The number of rotatable bonds is 13. The van der Waals surface area contributed by atoms with Crippen LogP contribution in [0.1, 0.15) is 25.5 Å². The van der Waals surface area contributed by atoms with Crippen LogP contribution >= 0.6 is 0 Å². The third-order valence-corrected chi connectivity index (χ3v) is 4.49. The lowest BCUT2D eigenvalue weighted by molar-refractivity contribution is -0.745. The predicted molar refractivity (Wildman–Crippen MR) is 107 cm³/mol. The molecular weight excluding hydrogens is 411 g/mol. The van der Waals surface area contributed by atoms with Crippen molar-refractivity contribution in [1.29, 1.82) is 0 Å². The molecule has 0 saturated heterocycles. The average Bonchev–Trinajstić information content (AvgIpc) is 2.71. The van der Waals surface area contributed by atoms with Crippen molar-refractivity contribution in [1.82, 2.24) is 0 Å². The van der Waals surface area contributed by atoms with E-state index in [0.717, 1.165) is 18.8 Å². The minimum absolute atomic E-state index is 0. The highest BCUT2D eigenvalue weighted by atomic mass is 35.5. The van der Waals surface area contributed by atoms with Gasteiger partial charge in [0.15, 0.2) is 0 Å². The predicted octanol–water partition coefficient (Wildman–Crippen LogP) is -5.27. The molecule has 2 aromatic carbocycles. The molecule has 0 aromatic heterocycles. The van der Waals surface area contributed by atoms with Crippen LogP contribution in [0.3, 0.4) is 0 Å². The summed E-state index contributed by atoms with van der Waals surface area (Å²) in [7, 11) is 0. The molecule has 2 aromatic rings. The maximum Gasteiger partial charge on any atom is 0.137 e. The number of halogens is 2. The van der Waals surface area contributed by atoms with Gasteiger partial charge in [0.05, 0.1) is 0 Å². The number of quaternary nitrogens is 2. The number of aliphatic hydroxyl groups excluding tert-OH is 1. The molecule has 5 N–H and O–H groups in total. The second-order valence-electron chi connectivity index (χ2n) is 6.76. The highest BCUT2D eigenvalue weighted by molar-refractivity contribution is 5.21. The quantitative estimate of drug-likeness (QED) is 0.270. The molecule has 7 heteroatoms. The summed E-state index contributed by atoms with van der Waals surface area (Å²) in [6, 6.07) is 20.3. The summed E-state index contributed by atoms with van der Waals surface area (Å²) in [5.41, 5.74) is 1.22. The number of aliphatic hydroxyl groups is 1. The van der Waals surface area contributed by atoms with E-state index in [1.807, 2.05) is 43.3 Å². The zero-order valence-corrected chi connectivity index (χ0v) is 18.7. The molecule has 3 unspecified atom stereocenters. The Kier molecular flexibility index (Phi) is 15.7. The van der Waals surface area contributed by atoms with E-state index in [4.69, 9.17) is 9.47 Å². The van der Waals surface area contributed by atoms with E-state index < -0.39 is 6.10 Å². The van der Waals surface area contributed by atoms with Gasteiger partial charge in [-0.2, -0.15) is 0 Å². The summed E-state index contributed by atoms with van der Waals surface area (Å²) in [5, 5.41) is 14.5. The Morgan fingerprint density at radius 1 is 0.931 bits per heavy atom. The van der Waals surface area contributed by atoms with Gasteiger partial charge in [-0.25, -0.2) is 0 Å². The topological polar surface area (TPSA) is 71.9 Å². The number of ether oxygens (including phenoxy) is 2. The van der Waals surface area contributed by atoms with Crippen molar-refractivity contribution in [3.63, 3.8) is 0 Å². The Morgan fingerprint density at radius 2 is 1.55 bits per heavy atom. The van der Waals surface area contributed by atoms with E-state index in [2.05, 4.69) is 41.8 Å². The van der Waals surface area contributed by atoms with Gasteiger partial charge in [-0.15, -0.1) is 0 Å². The monoisotopic (exact) mass is 444 g/mol. The largest absolute Gasteiger partial charge is 1.00 e. The molecule has 3 atom stereocenters. The van der Waals surface area contributed by atoms with Crippen LogP contribution in [-0.4, -0.2) is 50.1 Å². The molecule has 0 amide bonds. The Bertz CT molecular complexity index is 620. The Labute approximate surface area is 187 Å². The molecule has 0 aliphatic carbocycles. The van der Waals surface area contributed by atoms with Gasteiger partial charge in [0.25, 0.3) is 0 Å². The smallest absolute Gasteiger partial charge is 0.137 e. The van der Waals surface area contributed by atoms with Crippen LogP contribution in [0.5, 0.6) is 5.75 Å². The van der Waals surface area contributed by atoms with E-state index >= 15 is 0 Å². The van der Waals surface area contributed by atoms with E-state index in [0.29, 0.717) is 25.8 Å². The highest BCUT2D eigenvalue weighted by Crippen LogP contribution is 2.19. The summed E-state index contributed by atoms with van der Waals surface area (Å²) in [5.74, 6) is 0.793. The maximum absolute atomic E-state index is 10.0. The molecule has 0 aliphatic rings. The first kappa shape index (κ1) is 27.7. The van der Waals surface area contributed by atoms with Crippen LogP contribution in [0.15, 0.2) is 60.7 Å². The zero-order valence-electron chi connectivity index (χ0n) is 17.2. The molecule has 0 aliphatic heterocycles. The molecule has 0 saturated carbocycles. The second-order valence-corrected chi connectivity index (χ2v) is 6.76. The van der Waals surface area contributed by atoms with Crippen molar-refractivity contribution >= 4 is 0 Å². The van der Waals surface area contributed by atoms with Gasteiger partial charge in [-0.1, -0.05) is 48.5 Å². The van der Waals surface area contributed by atoms with Crippen molar-refractivity contribution in [2.45, 2.75) is 32.1 Å². The van der Waals surface area contributed by atoms with E-state index in [1.165, 1.54) is 5.56 Å². The molecule has 0 fully saturated rings. The Balaban J connectivity index is 0.00000392.